The molecule has 0 amide bonds. The van der Waals surface area contributed by atoms with Gasteiger partial charge in [-0.1, -0.05) is 46.5 Å². The lowest BCUT2D eigenvalue weighted by Gasteiger charge is -2.38. The van der Waals surface area contributed by atoms with E-state index in [9.17, 15) is 5.11 Å². The quantitative estimate of drug-likeness (QED) is 0.565. The molecule has 0 radical (unpaired) electrons. The summed E-state index contributed by atoms with van der Waals surface area (Å²) in [4.78, 5) is 2.39. The average Bonchev–Trinajstić information content (AvgIpc) is 2.51. The van der Waals surface area contributed by atoms with Gasteiger partial charge in [0, 0.05) is 12.6 Å². The summed E-state index contributed by atoms with van der Waals surface area (Å²) in [7, 11) is 0. The van der Waals surface area contributed by atoms with E-state index in [1.54, 1.807) is 0 Å². The Hall–Kier alpha value is -0.0800. The van der Waals surface area contributed by atoms with E-state index in [1.807, 2.05) is 0 Å². The summed E-state index contributed by atoms with van der Waals surface area (Å²) in [6, 6.07) is 0.610. The Morgan fingerprint density at radius 2 is 1.82 bits per heavy atom. The first kappa shape index (κ1) is 15.0. The average molecular weight is 241 g/mol. The van der Waals surface area contributed by atoms with E-state index in [1.165, 1.54) is 32.1 Å². The highest BCUT2D eigenvalue weighted by Crippen LogP contribution is 2.28. The van der Waals surface area contributed by atoms with E-state index < -0.39 is 0 Å². The van der Waals surface area contributed by atoms with Crippen molar-refractivity contribution in [3.05, 3.63) is 0 Å². The topological polar surface area (TPSA) is 23.5 Å². The molecule has 1 fully saturated rings. The Balaban J connectivity index is 2.65. The molecule has 0 heterocycles. The Kier molecular flexibility index (Phi) is 7.14. The second-order valence-electron chi connectivity index (χ2n) is 5.69. The maximum atomic E-state index is 10.3. The van der Waals surface area contributed by atoms with Crippen LogP contribution >= 0.6 is 0 Å². The fraction of sp³-hybridized carbons (Fsp3) is 1.00. The molecule has 0 aromatic heterocycles. The summed E-state index contributed by atoms with van der Waals surface area (Å²) in [6.07, 6.45) is 9.63. The van der Waals surface area contributed by atoms with E-state index in [4.69, 9.17) is 0 Å². The molecule has 0 aliphatic heterocycles. The summed E-state index contributed by atoms with van der Waals surface area (Å²) in [5, 5.41) is 10.3. The summed E-state index contributed by atoms with van der Waals surface area (Å²) in [5.41, 5.74) is 0. The monoisotopic (exact) mass is 241 g/mol. The van der Waals surface area contributed by atoms with Gasteiger partial charge in [-0.15, -0.1) is 0 Å². The zero-order valence-electron chi connectivity index (χ0n) is 12.0. The molecule has 17 heavy (non-hydrogen) atoms. The van der Waals surface area contributed by atoms with Gasteiger partial charge in [0.1, 0.15) is 6.23 Å². The maximum absolute atomic E-state index is 10.3. The fourth-order valence-corrected chi connectivity index (χ4v) is 3.18. The van der Waals surface area contributed by atoms with Crippen molar-refractivity contribution in [3.8, 4) is 0 Å². The number of aliphatic hydroxyl groups excluding tert-OH is 1. The van der Waals surface area contributed by atoms with Crippen LogP contribution in [-0.2, 0) is 0 Å². The predicted molar refractivity (Wildman–Crippen MR) is 73.9 cm³/mol. The summed E-state index contributed by atoms with van der Waals surface area (Å²) in [6.45, 7) is 7.80. The van der Waals surface area contributed by atoms with Crippen LogP contribution in [0.2, 0.25) is 0 Å². The van der Waals surface area contributed by atoms with E-state index in [0.29, 0.717) is 6.04 Å². The van der Waals surface area contributed by atoms with Crippen LogP contribution in [0.3, 0.4) is 0 Å². The van der Waals surface area contributed by atoms with Crippen molar-refractivity contribution < 1.29 is 5.11 Å². The first-order valence-corrected chi connectivity index (χ1v) is 7.64. The molecule has 1 aliphatic carbocycles. The van der Waals surface area contributed by atoms with E-state index >= 15 is 0 Å². The van der Waals surface area contributed by atoms with Gasteiger partial charge in [-0.05, 0) is 31.6 Å². The Labute approximate surface area is 107 Å². The Morgan fingerprint density at radius 1 is 1.12 bits per heavy atom. The molecule has 0 bridgehead atoms. The van der Waals surface area contributed by atoms with Crippen molar-refractivity contribution >= 4 is 0 Å². The van der Waals surface area contributed by atoms with Crippen LogP contribution in [0.5, 0.6) is 0 Å². The van der Waals surface area contributed by atoms with Gasteiger partial charge in [-0.3, -0.25) is 4.90 Å². The fourth-order valence-electron chi connectivity index (χ4n) is 3.18. The van der Waals surface area contributed by atoms with Crippen LogP contribution in [-0.4, -0.2) is 28.8 Å². The number of aliphatic hydroxyl groups is 1. The highest BCUT2D eigenvalue weighted by Gasteiger charge is 2.29. The van der Waals surface area contributed by atoms with Gasteiger partial charge in [0.05, 0.1) is 0 Å². The minimum Gasteiger partial charge on any atom is -0.378 e. The van der Waals surface area contributed by atoms with Crippen LogP contribution < -0.4 is 0 Å². The highest BCUT2D eigenvalue weighted by molar-refractivity contribution is 4.81. The summed E-state index contributed by atoms with van der Waals surface area (Å²) >= 11 is 0. The van der Waals surface area contributed by atoms with E-state index in [-0.39, 0.29) is 6.23 Å². The highest BCUT2D eigenvalue weighted by atomic mass is 16.3. The molecule has 2 heteroatoms. The lowest BCUT2D eigenvalue weighted by atomic mass is 9.94. The number of rotatable bonds is 6. The van der Waals surface area contributed by atoms with Gasteiger partial charge in [0.2, 0.25) is 0 Å². The molecule has 1 aliphatic rings. The van der Waals surface area contributed by atoms with Gasteiger partial charge in [0.25, 0.3) is 0 Å². The third-order valence-corrected chi connectivity index (χ3v) is 4.15. The normalized spacial score (nSPS) is 28.1. The van der Waals surface area contributed by atoms with Crippen LogP contribution in [0.1, 0.15) is 72.1 Å². The smallest absolute Gasteiger partial charge is 0.107 e. The second-order valence-corrected chi connectivity index (χ2v) is 5.69. The third-order valence-electron chi connectivity index (χ3n) is 4.15. The molecule has 1 saturated carbocycles. The van der Waals surface area contributed by atoms with Gasteiger partial charge in [-0.25, -0.2) is 0 Å². The molecule has 3 atom stereocenters. The van der Waals surface area contributed by atoms with Crippen LogP contribution in [0, 0.1) is 5.92 Å². The van der Waals surface area contributed by atoms with Crippen molar-refractivity contribution in [2.24, 2.45) is 5.92 Å². The molecule has 0 spiro atoms. The standard InChI is InChI=1S/C15H31NO/c1-4-9-15(17)16(12-5-2)14-11-8-6-7-10-13(14)3/h13-15,17H,4-12H2,1-3H3. The lowest BCUT2D eigenvalue weighted by molar-refractivity contribution is -0.0460. The minimum atomic E-state index is -0.217. The van der Waals surface area contributed by atoms with Crippen molar-refractivity contribution in [3.63, 3.8) is 0 Å². The lowest BCUT2D eigenvalue weighted by Crippen LogP contribution is -2.46. The third kappa shape index (κ3) is 4.59. The first-order valence-electron chi connectivity index (χ1n) is 7.64. The Bertz CT molecular complexity index is 195. The van der Waals surface area contributed by atoms with Crippen molar-refractivity contribution in [1.29, 1.82) is 0 Å². The summed E-state index contributed by atoms with van der Waals surface area (Å²) < 4.78 is 0. The van der Waals surface area contributed by atoms with Gasteiger partial charge in [-0.2, -0.15) is 0 Å². The molecule has 102 valence electrons. The van der Waals surface area contributed by atoms with Crippen molar-refractivity contribution in [1.82, 2.24) is 4.90 Å². The molecular weight excluding hydrogens is 210 g/mol. The molecule has 3 unspecified atom stereocenters. The largest absolute Gasteiger partial charge is 0.378 e. The molecule has 0 saturated heterocycles. The van der Waals surface area contributed by atoms with Crippen molar-refractivity contribution in [2.75, 3.05) is 6.54 Å². The molecule has 0 aromatic rings. The number of nitrogens with zero attached hydrogens (tertiary/aromatic N) is 1. The van der Waals surface area contributed by atoms with E-state index in [2.05, 4.69) is 25.7 Å². The first-order chi connectivity index (χ1) is 8.20. The van der Waals surface area contributed by atoms with Gasteiger partial charge in [0.15, 0.2) is 0 Å². The van der Waals surface area contributed by atoms with Crippen LogP contribution in [0.4, 0.5) is 0 Å². The number of hydrogen-bond donors (Lipinski definition) is 1. The summed E-state index contributed by atoms with van der Waals surface area (Å²) in [5.74, 6) is 0.746. The second kappa shape index (κ2) is 8.10. The van der Waals surface area contributed by atoms with Crippen molar-refractivity contribution in [2.45, 2.75) is 84.4 Å². The van der Waals surface area contributed by atoms with Gasteiger partial charge < -0.3 is 5.11 Å². The van der Waals surface area contributed by atoms with Gasteiger partial charge >= 0.3 is 0 Å². The van der Waals surface area contributed by atoms with Crippen LogP contribution in [0.15, 0.2) is 0 Å². The maximum Gasteiger partial charge on any atom is 0.107 e. The molecular formula is C15H31NO. The molecule has 1 N–H and O–H groups in total. The number of hydrogen-bond acceptors (Lipinski definition) is 2. The zero-order chi connectivity index (χ0) is 12.7. The molecule has 0 aromatic carbocycles. The predicted octanol–water partition coefficient (Wildman–Crippen LogP) is 3.79. The SMILES string of the molecule is CCCC(O)N(CCC)C1CCCCCC1C. The Morgan fingerprint density at radius 3 is 2.47 bits per heavy atom. The molecule has 1 rings (SSSR count). The minimum absolute atomic E-state index is 0.217. The van der Waals surface area contributed by atoms with Crippen LogP contribution in [0.25, 0.3) is 0 Å². The zero-order valence-corrected chi connectivity index (χ0v) is 12.0. The van der Waals surface area contributed by atoms with E-state index in [0.717, 1.165) is 31.7 Å². The molecule has 2 nitrogen and oxygen atoms in total.